The van der Waals surface area contributed by atoms with Crippen LogP contribution in [0.1, 0.15) is 33.9 Å². The molecule has 7 heteroatoms. The third-order valence-corrected chi connectivity index (χ3v) is 6.69. The van der Waals surface area contributed by atoms with Crippen LogP contribution in [0, 0.1) is 0 Å². The monoisotopic (exact) mass is 468 g/mol. The van der Waals surface area contributed by atoms with Gasteiger partial charge in [0.1, 0.15) is 0 Å². The maximum absolute atomic E-state index is 13.6. The Kier molecular flexibility index (Phi) is 6.59. The second kappa shape index (κ2) is 10.1. The first-order chi connectivity index (χ1) is 17.2. The number of carbonyl (C=O) groups is 2. The van der Waals surface area contributed by atoms with Gasteiger partial charge in [0.05, 0.1) is 24.1 Å². The SMILES string of the molecule is CNC(=O)CC1CN(C(=O)c2cncc3occc23)CCN1C(c1ccccc1)c1ccccc1. The van der Waals surface area contributed by atoms with Crippen LogP contribution in [0.5, 0.6) is 0 Å². The fraction of sp³-hybridized carbons (Fsp3) is 0.250. The summed E-state index contributed by atoms with van der Waals surface area (Å²) in [6, 6.07) is 22.3. The molecule has 1 N–H and O–H groups in total. The van der Waals surface area contributed by atoms with E-state index in [4.69, 9.17) is 4.42 Å². The minimum Gasteiger partial charge on any atom is -0.463 e. The number of piperazine rings is 1. The number of nitrogens with zero attached hydrogens (tertiary/aromatic N) is 3. The Morgan fingerprint density at radius 1 is 1.00 bits per heavy atom. The Labute approximate surface area is 204 Å². The van der Waals surface area contributed by atoms with E-state index in [-0.39, 0.29) is 23.9 Å². The van der Waals surface area contributed by atoms with E-state index in [0.29, 0.717) is 37.2 Å². The summed E-state index contributed by atoms with van der Waals surface area (Å²) >= 11 is 0. The number of rotatable bonds is 6. The van der Waals surface area contributed by atoms with Crippen LogP contribution in [0.4, 0.5) is 0 Å². The van der Waals surface area contributed by atoms with E-state index in [2.05, 4.69) is 39.5 Å². The molecule has 2 aromatic heterocycles. The maximum atomic E-state index is 13.6. The van der Waals surface area contributed by atoms with Gasteiger partial charge in [0, 0.05) is 50.7 Å². The third kappa shape index (κ3) is 4.68. The summed E-state index contributed by atoms with van der Waals surface area (Å²) in [6.45, 7) is 1.63. The molecule has 1 atom stereocenters. The summed E-state index contributed by atoms with van der Waals surface area (Å²) < 4.78 is 5.44. The summed E-state index contributed by atoms with van der Waals surface area (Å²) in [7, 11) is 1.65. The molecule has 4 aromatic rings. The van der Waals surface area contributed by atoms with Crippen molar-refractivity contribution in [3.05, 3.63) is 102 Å². The molecule has 5 rings (SSSR count). The molecule has 1 aliphatic rings. The lowest BCUT2D eigenvalue weighted by molar-refractivity contribution is -0.122. The number of furan rings is 1. The van der Waals surface area contributed by atoms with Gasteiger partial charge in [0.25, 0.3) is 5.91 Å². The van der Waals surface area contributed by atoms with Crippen molar-refractivity contribution in [1.29, 1.82) is 0 Å². The predicted octanol–water partition coefficient (Wildman–Crippen LogP) is 3.88. The van der Waals surface area contributed by atoms with E-state index in [1.165, 1.54) is 0 Å². The molecular formula is C28H28N4O3. The third-order valence-electron chi connectivity index (χ3n) is 6.69. The van der Waals surface area contributed by atoms with Crippen LogP contribution in [-0.2, 0) is 4.79 Å². The van der Waals surface area contributed by atoms with E-state index in [1.807, 2.05) is 41.3 Å². The number of aromatic nitrogens is 1. The largest absolute Gasteiger partial charge is 0.463 e. The van der Waals surface area contributed by atoms with Crippen LogP contribution in [0.3, 0.4) is 0 Å². The van der Waals surface area contributed by atoms with Crippen molar-refractivity contribution in [3.63, 3.8) is 0 Å². The summed E-state index contributed by atoms with van der Waals surface area (Å²) in [5.41, 5.74) is 3.43. The second-order valence-corrected chi connectivity index (χ2v) is 8.76. The Morgan fingerprint density at radius 3 is 2.34 bits per heavy atom. The van der Waals surface area contributed by atoms with Gasteiger partial charge in [-0.1, -0.05) is 60.7 Å². The normalized spacial score (nSPS) is 16.5. The van der Waals surface area contributed by atoms with Crippen LogP contribution < -0.4 is 5.32 Å². The van der Waals surface area contributed by atoms with E-state index in [1.54, 1.807) is 31.8 Å². The first-order valence-electron chi connectivity index (χ1n) is 11.8. The molecule has 0 radical (unpaired) electrons. The van der Waals surface area contributed by atoms with Gasteiger partial charge in [0.2, 0.25) is 5.91 Å². The van der Waals surface area contributed by atoms with Crippen LogP contribution in [0.2, 0.25) is 0 Å². The number of pyridine rings is 1. The van der Waals surface area contributed by atoms with Crippen molar-refractivity contribution in [2.24, 2.45) is 0 Å². The lowest BCUT2D eigenvalue weighted by Gasteiger charge is -2.45. The highest BCUT2D eigenvalue weighted by molar-refractivity contribution is 6.05. The first kappa shape index (κ1) is 22.8. The lowest BCUT2D eigenvalue weighted by Crippen LogP contribution is -2.56. The smallest absolute Gasteiger partial charge is 0.256 e. The molecule has 2 aromatic carbocycles. The number of fused-ring (bicyclic) bond motifs is 1. The highest BCUT2D eigenvalue weighted by Crippen LogP contribution is 2.33. The van der Waals surface area contributed by atoms with E-state index in [0.717, 1.165) is 16.5 Å². The number of hydrogen-bond acceptors (Lipinski definition) is 5. The number of hydrogen-bond donors (Lipinski definition) is 1. The summed E-state index contributed by atoms with van der Waals surface area (Å²) in [6.07, 6.45) is 5.07. The van der Waals surface area contributed by atoms with Crippen LogP contribution in [-0.4, -0.2) is 59.3 Å². The predicted molar refractivity (Wildman–Crippen MR) is 134 cm³/mol. The highest BCUT2D eigenvalue weighted by Gasteiger charge is 2.36. The van der Waals surface area contributed by atoms with Gasteiger partial charge < -0.3 is 14.6 Å². The van der Waals surface area contributed by atoms with Crippen molar-refractivity contribution >= 4 is 22.8 Å². The Balaban J connectivity index is 1.48. The average Bonchev–Trinajstić information content (AvgIpc) is 3.40. The lowest BCUT2D eigenvalue weighted by atomic mass is 9.93. The van der Waals surface area contributed by atoms with Crippen LogP contribution >= 0.6 is 0 Å². The maximum Gasteiger partial charge on any atom is 0.256 e. The first-order valence-corrected chi connectivity index (χ1v) is 11.8. The molecular weight excluding hydrogens is 440 g/mol. The Hall–Kier alpha value is -3.97. The van der Waals surface area contributed by atoms with Crippen molar-refractivity contribution in [3.8, 4) is 0 Å². The van der Waals surface area contributed by atoms with Gasteiger partial charge in [0.15, 0.2) is 5.58 Å². The van der Waals surface area contributed by atoms with E-state index >= 15 is 0 Å². The number of carbonyl (C=O) groups excluding carboxylic acids is 2. The van der Waals surface area contributed by atoms with Gasteiger partial charge in [-0.05, 0) is 17.2 Å². The molecule has 0 bridgehead atoms. The van der Waals surface area contributed by atoms with Crippen molar-refractivity contribution < 1.29 is 14.0 Å². The number of nitrogens with one attached hydrogen (secondary N) is 1. The van der Waals surface area contributed by atoms with Crippen LogP contribution in [0.25, 0.3) is 11.0 Å². The van der Waals surface area contributed by atoms with Gasteiger partial charge in [-0.2, -0.15) is 0 Å². The minimum atomic E-state index is -0.158. The molecule has 1 fully saturated rings. The fourth-order valence-corrected chi connectivity index (χ4v) is 4.97. The molecule has 1 saturated heterocycles. The van der Waals surface area contributed by atoms with Crippen molar-refractivity contribution in [2.45, 2.75) is 18.5 Å². The molecule has 1 unspecified atom stereocenters. The molecule has 1 aliphatic heterocycles. The number of amides is 2. The van der Waals surface area contributed by atoms with Gasteiger partial charge >= 0.3 is 0 Å². The zero-order valence-corrected chi connectivity index (χ0v) is 19.6. The molecule has 0 aliphatic carbocycles. The van der Waals surface area contributed by atoms with Gasteiger partial charge in [-0.3, -0.25) is 19.5 Å². The highest BCUT2D eigenvalue weighted by atomic mass is 16.3. The van der Waals surface area contributed by atoms with Crippen molar-refractivity contribution in [2.75, 3.05) is 26.7 Å². The van der Waals surface area contributed by atoms with Crippen LogP contribution in [0.15, 0.2) is 89.8 Å². The quantitative estimate of drug-likeness (QED) is 0.465. The van der Waals surface area contributed by atoms with Crippen molar-refractivity contribution in [1.82, 2.24) is 20.1 Å². The summed E-state index contributed by atoms with van der Waals surface area (Å²) in [5.74, 6) is -0.144. The average molecular weight is 469 g/mol. The van der Waals surface area contributed by atoms with Gasteiger partial charge in [-0.25, -0.2) is 0 Å². The Bertz CT molecular complexity index is 1270. The molecule has 0 saturated carbocycles. The second-order valence-electron chi connectivity index (χ2n) is 8.76. The standard InChI is InChI=1S/C28H28N4O3/c1-29-26(33)16-22-19-31(28(34)24-17-30-18-25-23(24)12-15-35-25)13-14-32(22)27(20-8-4-2-5-9-20)21-10-6-3-7-11-21/h2-12,15,17-18,22,27H,13-14,16,19H2,1H3,(H,29,33). The summed E-state index contributed by atoms with van der Waals surface area (Å²) in [5, 5.41) is 3.51. The fourth-order valence-electron chi connectivity index (χ4n) is 4.97. The van der Waals surface area contributed by atoms with E-state index < -0.39 is 0 Å². The Morgan fingerprint density at radius 2 is 1.69 bits per heavy atom. The topological polar surface area (TPSA) is 78.7 Å². The van der Waals surface area contributed by atoms with Gasteiger partial charge in [-0.15, -0.1) is 0 Å². The molecule has 2 amide bonds. The molecule has 35 heavy (non-hydrogen) atoms. The number of benzene rings is 2. The molecule has 0 spiro atoms. The molecule has 178 valence electrons. The van der Waals surface area contributed by atoms with E-state index in [9.17, 15) is 9.59 Å². The minimum absolute atomic E-state index is 0.0247. The zero-order chi connectivity index (χ0) is 24.2. The zero-order valence-electron chi connectivity index (χ0n) is 19.6. The molecule has 7 nitrogen and oxygen atoms in total. The molecule has 3 heterocycles. The summed E-state index contributed by atoms with van der Waals surface area (Å²) in [4.78, 5) is 34.5.